The van der Waals surface area contributed by atoms with E-state index in [2.05, 4.69) is 20.2 Å². The number of nitrogens with one attached hydrogen (secondary N) is 1. The largest absolute Gasteiger partial charge is 0.377 e. The van der Waals surface area contributed by atoms with E-state index < -0.39 is 4.92 Å². The Morgan fingerprint density at radius 1 is 1.22 bits per heavy atom. The highest BCUT2D eigenvalue weighted by Gasteiger charge is 2.24. The van der Waals surface area contributed by atoms with Gasteiger partial charge in [0.1, 0.15) is 17.3 Å². The number of hydrogen-bond donors (Lipinski definition) is 1. The van der Waals surface area contributed by atoms with E-state index in [1.54, 1.807) is 12.1 Å². The van der Waals surface area contributed by atoms with Crippen LogP contribution in [0.1, 0.15) is 41.6 Å². The van der Waals surface area contributed by atoms with Crippen molar-refractivity contribution in [1.82, 2.24) is 9.97 Å². The summed E-state index contributed by atoms with van der Waals surface area (Å²) in [5.74, 6) is 1.50. The fourth-order valence-electron chi connectivity index (χ4n) is 3.36. The molecule has 0 amide bonds. The van der Waals surface area contributed by atoms with Gasteiger partial charge in [-0.25, -0.2) is 9.97 Å². The number of aryl methyl sites for hydroxylation is 2. The van der Waals surface area contributed by atoms with Gasteiger partial charge in [-0.3, -0.25) is 14.9 Å². The molecule has 0 unspecified atom stereocenters. The lowest BCUT2D eigenvalue weighted by Gasteiger charge is -2.33. The molecule has 0 atom stereocenters. The number of carbonyl (C=O) groups is 1. The number of rotatable bonds is 5. The molecule has 1 aliphatic rings. The predicted molar refractivity (Wildman–Crippen MR) is 103 cm³/mol. The topological polar surface area (TPSA) is 101 Å². The molecule has 1 N–H and O–H groups in total. The quantitative estimate of drug-likeness (QED) is 0.490. The van der Waals surface area contributed by atoms with Crippen LogP contribution in [0.25, 0.3) is 0 Å². The molecule has 1 aliphatic heterocycles. The molecule has 3 rings (SSSR count). The van der Waals surface area contributed by atoms with Crippen molar-refractivity contribution < 1.29 is 9.72 Å². The summed E-state index contributed by atoms with van der Waals surface area (Å²) >= 11 is 0. The summed E-state index contributed by atoms with van der Waals surface area (Å²) in [6.45, 7) is 6.86. The van der Waals surface area contributed by atoms with Gasteiger partial charge in [-0.1, -0.05) is 0 Å². The number of hydrogen-bond acceptors (Lipinski definition) is 7. The van der Waals surface area contributed by atoms with E-state index in [1.807, 2.05) is 19.9 Å². The zero-order valence-electron chi connectivity index (χ0n) is 15.7. The van der Waals surface area contributed by atoms with Crippen LogP contribution in [0.2, 0.25) is 0 Å². The highest BCUT2D eigenvalue weighted by Crippen LogP contribution is 2.29. The number of aromatic nitrogens is 2. The number of ketones is 1. The standard InChI is InChI=1S/C19H23N5O3/c1-12-10-19(21-14(3)20-12)23-8-6-16(7-9-23)22-17-5-4-15(13(2)25)11-18(17)24(26)27/h4-5,10-11,16,22H,6-9H2,1-3H3. The SMILES string of the molecule is CC(=O)c1ccc(NC2CCN(c3cc(C)nc(C)n3)CC2)c([N+](=O)[O-])c1. The second-order valence-corrected chi connectivity index (χ2v) is 6.87. The summed E-state index contributed by atoms with van der Waals surface area (Å²) in [7, 11) is 0. The van der Waals surface area contributed by atoms with E-state index in [0.717, 1.165) is 43.3 Å². The van der Waals surface area contributed by atoms with Gasteiger partial charge in [0.25, 0.3) is 5.69 Å². The fraction of sp³-hybridized carbons (Fsp3) is 0.421. The Kier molecular flexibility index (Phi) is 5.34. The number of nitrogens with zero attached hydrogens (tertiary/aromatic N) is 4. The van der Waals surface area contributed by atoms with Gasteiger partial charge in [0.2, 0.25) is 0 Å². The Balaban J connectivity index is 1.69. The summed E-state index contributed by atoms with van der Waals surface area (Å²) in [4.78, 5) is 33.4. The number of piperidine rings is 1. The van der Waals surface area contributed by atoms with E-state index in [9.17, 15) is 14.9 Å². The minimum absolute atomic E-state index is 0.0628. The van der Waals surface area contributed by atoms with Crippen molar-refractivity contribution in [2.75, 3.05) is 23.3 Å². The second kappa shape index (κ2) is 7.69. The van der Waals surface area contributed by atoms with E-state index in [1.165, 1.54) is 13.0 Å². The molecule has 0 bridgehead atoms. The molecule has 8 nitrogen and oxygen atoms in total. The van der Waals surface area contributed by atoms with Crippen LogP contribution in [0.5, 0.6) is 0 Å². The number of benzene rings is 1. The lowest BCUT2D eigenvalue weighted by atomic mass is 10.0. The van der Waals surface area contributed by atoms with Crippen LogP contribution in [-0.4, -0.2) is 39.8 Å². The first-order chi connectivity index (χ1) is 12.8. The third-order valence-corrected chi connectivity index (χ3v) is 4.73. The average Bonchev–Trinajstić information content (AvgIpc) is 2.61. The fourth-order valence-corrected chi connectivity index (χ4v) is 3.36. The van der Waals surface area contributed by atoms with Gasteiger partial charge in [-0.15, -0.1) is 0 Å². The van der Waals surface area contributed by atoms with Crippen molar-refractivity contribution >= 4 is 23.0 Å². The second-order valence-electron chi connectivity index (χ2n) is 6.87. The van der Waals surface area contributed by atoms with Crippen molar-refractivity contribution in [3.63, 3.8) is 0 Å². The number of nitro groups is 1. The molecular weight excluding hydrogens is 346 g/mol. The molecule has 0 spiro atoms. The number of nitro benzene ring substituents is 1. The predicted octanol–water partition coefficient (Wildman–Crippen LogP) is 3.29. The lowest BCUT2D eigenvalue weighted by Crippen LogP contribution is -2.39. The van der Waals surface area contributed by atoms with Gasteiger partial charge in [0.15, 0.2) is 5.78 Å². The van der Waals surface area contributed by atoms with Crippen LogP contribution < -0.4 is 10.2 Å². The van der Waals surface area contributed by atoms with E-state index in [0.29, 0.717) is 11.3 Å². The molecule has 1 fully saturated rings. The Bertz CT molecular complexity index is 855. The molecule has 8 heteroatoms. The zero-order valence-corrected chi connectivity index (χ0v) is 15.7. The van der Waals surface area contributed by atoms with E-state index in [4.69, 9.17) is 0 Å². The summed E-state index contributed by atoms with van der Waals surface area (Å²) < 4.78 is 0. The highest BCUT2D eigenvalue weighted by atomic mass is 16.6. The number of carbonyl (C=O) groups excluding carboxylic acids is 1. The molecule has 142 valence electrons. The maximum Gasteiger partial charge on any atom is 0.293 e. The first kappa shape index (κ1) is 18.8. The van der Waals surface area contributed by atoms with Gasteiger partial charge in [0, 0.05) is 42.5 Å². The van der Waals surface area contributed by atoms with Crippen molar-refractivity contribution in [2.45, 2.75) is 39.7 Å². The third kappa shape index (κ3) is 4.39. The van der Waals surface area contributed by atoms with Crippen LogP contribution in [-0.2, 0) is 0 Å². The van der Waals surface area contributed by atoms with Gasteiger partial charge >= 0.3 is 0 Å². The Hall–Kier alpha value is -3.03. The van der Waals surface area contributed by atoms with E-state index >= 15 is 0 Å². The Morgan fingerprint density at radius 2 is 1.93 bits per heavy atom. The minimum Gasteiger partial charge on any atom is -0.377 e. The maximum absolute atomic E-state index is 11.5. The summed E-state index contributed by atoms with van der Waals surface area (Å²) in [5, 5.41) is 14.7. The van der Waals surface area contributed by atoms with Crippen molar-refractivity contribution in [2.24, 2.45) is 0 Å². The van der Waals surface area contributed by atoms with Crippen LogP contribution in [0.15, 0.2) is 24.3 Å². The summed E-state index contributed by atoms with van der Waals surface area (Å²) in [6, 6.07) is 6.70. The van der Waals surface area contributed by atoms with Crippen LogP contribution in [0.4, 0.5) is 17.2 Å². The van der Waals surface area contributed by atoms with Crippen molar-refractivity contribution in [3.8, 4) is 0 Å². The van der Waals surface area contributed by atoms with Gasteiger partial charge in [0.05, 0.1) is 4.92 Å². The number of anilines is 2. The molecule has 1 aromatic heterocycles. The Morgan fingerprint density at radius 3 is 2.52 bits per heavy atom. The third-order valence-electron chi connectivity index (χ3n) is 4.73. The summed E-state index contributed by atoms with van der Waals surface area (Å²) in [5.41, 5.74) is 1.68. The zero-order chi connectivity index (χ0) is 19.6. The van der Waals surface area contributed by atoms with Gasteiger partial charge in [-0.05, 0) is 45.7 Å². The number of Topliss-reactive ketones (excluding diaryl/α,β-unsaturated/α-hetero) is 1. The molecule has 0 aliphatic carbocycles. The molecular formula is C19H23N5O3. The van der Waals surface area contributed by atoms with Crippen LogP contribution >= 0.6 is 0 Å². The molecule has 0 saturated carbocycles. The van der Waals surface area contributed by atoms with Gasteiger partial charge in [-0.2, -0.15) is 0 Å². The van der Waals surface area contributed by atoms with Crippen LogP contribution in [0.3, 0.4) is 0 Å². The molecule has 1 saturated heterocycles. The summed E-state index contributed by atoms with van der Waals surface area (Å²) in [6.07, 6.45) is 1.68. The average molecular weight is 369 g/mol. The first-order valence-corrected chi connectivity index (χ1v) is 8.96. The lowest BCUT2D eigenvalue weighted by molar-refractivity contribution is -0.384. The van der Waals surface area contributed by atoms with Crippen LogP contribution in [0, 0.1) is 24.0 Å². The van der Waals surface area contributed by atoms with E-state index in [-0.39, 0.29) is 17.5 Å². The van der Waals surface area contributed by atoms with Crippen molar-refractivity contribution in [1.29, 1.82) is 0 Å². The molecule has 1 aromatic carbocycles. The molecule has 2 heterocycles. The smallest absolute Gasteiger partial charge is 0.293 e. The molecule has 27 heavy (non-hydrogen) atoms. The highest BCUT2D eigenvalue weighted by molar-refractivity contribution is 5.95. The molecule has 2 aromatic rings. The first-order valence-electron chi connectivity index (χ1n) is 8.96. The minimum atomic E-state index is -0.448. The van der Waals surface area contributed by atoms with Crippen molar-refractivity contribution in [3.05, 3.63) is 51.5 Å². The maximum atomic E-state index is 11.5. The monoisotopic (exact) mass is 369 g/mol. The van der Waals surface area contributed by atoms with Gasteiger partial charge < -0.3 is 10.2 Å². The Labute approximate surface area is 157 Å². The molecule has 0 radical (unpaired) electrons. The normalized spacial score (nSPS) is 14.9.